The average Bonchev–Trinajstić information content (AvgIpc) is 3.06. The molecule has 2 amide bonds. The normalized spacial score (nSPS) is 13.5. The quantitative estimate of drug-likeness (QED) is 0.905. The third-order valence-electron chi connectivity index (χ3n) is 3.99. The number of carbonyl (C=O) groups is 2. The van der Waals surface area contributed by atoms with Gasteiger partial charge in [0, 0.05) is 25.1 Å². The van der Waals surface area contributed by atoms with Gasteiger partial charge in [0.1, 0.15) is 5.01 Å². The summed E-state index contributed by atoms with van der Waals surface area (Å²) in [5, 5.41) is 12.0. The molecule has 0 radical (unpaired) electrons. The molecule has 24 heavy (non-hydrogen) atoms. The molecule has 0 fully saturated rings. The molecule has 0 bridgehead atoms. The van der Waals surface area contributed by atoms with E-state index in [-0.39, 0.29) is 24.7 Å². The molecule has 0 saturated heterocycles. The predicted octanol–water partition coefficient (Wildman–Crippen LogP) is 2.80. The van der Waals surface area contributed by atoms with Crippen LogP contribution in [0.15, 0.2) is 24.3 Å². The molecule has 1 aromatic carbocycles. The van der Waals surface area contributed by atoms with Gasteiger partial charge in [0.05, 0.1) is 0 Å². The first-order valence-corrected chi connectivity index (χ1v) is 8.99. The first-order chi connectivity index (χ1) is 11.7. The van der Waals surface area contributed by atoms with Gasteiger partial charge in [-0.25, -0.2) is 0 Å². The van der Waals surface area contributed by atoms with Gasteiger partial charge in [0.25, 0.3) is 0 Å². The minimum absolute atomic E-state index is 0.0104. The largest absolute Gasteiger partial charge is 0.312 e. The number of fused-ring (bicyclic) bond motifs is 1. The summed E-state index contributed by atoms with van der Waals surface area (Å²) in [6.07, 6.45) is 3.09. The molecule has 7 heteroatoms. The maximum atomic E-state index is 12.5. The van der Waals surface area contributed by atoms with Crippen molar-refractivity contribution in [2.45, 2.75) is 39.0 Å². The molecule has 0 unspecified atom stereocenters. The van der Waals surface area contributed by atoms with Crippen LogP contribution in [-0.4, -0.2) is 28.6 Å². The van der Waals surface area contributed by atoms with Gasteiger partial charge in [0.2, 0.25) is 16.9 Å². The van der Waals surface area contributed by atoms with Gasteiger partial charge in [-0.2, -0.15) is 0 Å². The van der Waals surface area contributed by atoms with Crippen LogP contribution in [0.2, 0.25) is 0 Å². The highest BCUT2D eigenvalue weighted by Crippen LogP contribution is 2.27. The van der Waals surface area contributed by atoms with Crippen molar-refractivity contribution in [1.29, 1.82) is 0 Å². The standard InChI is InChI=1S/C17H20N4O2S/c1-2-15-19-20-17(24-15)18-14(22)9-10-16(23)21-11-5-7-12-6-3-4-8-13(12)21/h3-4,6,8H,2,5,7,9-11H2,1H3,(H,18,20,22). The molecule has 6 nitrogen and oxygen atoms in total. The van der Waals surface area contributed by atoms with Crippen molar-refractivity contribution in [2.24, 2.45) is 0 Å². The number of para-hydroxylation sites is 1. The summed E-state index contributed by atoms with van der Waals surface area (Å²) in [4.78, 5) is 26.3. The predicted molar refractivity (Wildman–Crippen MR) is 94.3 cm³/mol. The Morgan fingerprint density at radius 2 is 2.08 bits per heavy atom. The Morgan fingerprint density at radius 1 is 1.25 bits per heavy atom. The van der Waals surface area contributed by atoms with E-state index in [1.807, 2.05) is 25.1 Å². The lowest BCUT2D eigenvalue weighted by Gasteiger charge is -2.29. The van der Waals surface area contributed by atoms with Crippen LogP contribution in [0, 0.1) is 0 Å². The van der Waals surface area contributed by atoms with Crippen molar-refractivity contribution in [3.05, 3.63) is 34.8 Å². The first kappa shape index (κ1) is 16.6. The molecule has 126 valence electrons. The second-order valence-electron chi connectivity index (χ2n) is 5.68. The molecule has 1 aromatic heterocycles. The number of rotatable bonds is 5. The van der Waals surface area contributed by atoms with Gasteiger partial charge in [-0.3, -0.25) is 9.59 Å². The van der Waals surface area contributed by atoms with Gasteiger partial charge < -0.3 is 10.2 Å². The number of carbonyl (C=O) groups excluding carboxylic acids is 2. The zero-order valence-electron chi connectivity index (χ0n) is 13.6. The van der Waals surface area contributed by atoms with E-state index in [1.165, 1.54) is 16.9 Å². The fourth-order valence-corrected chi connectivity index (χ4v) is 3.47. The molecular weight excluding hydrogens is 324 g/mol. The lowest BCUT2D eigenvalue weighted by Crippen LogP contribution is -2.35. The molecule has 1 aliphatic rings. The number of nitrogens with one attached hydrogen (secondary N) is 1. The van der Waals surface area contributed by atoms with E-state index < -0.39 is 0 Å². The summed E-state index contributed by atoms with van der Waals surface area (Å²) in [5.41, 5.74) is 2.17. The number of anilines is 2. The van der Waals surface area contributed by atoms with E-state index in [0.29, 0.717) is 11.7 Å². The molecule has 2 aromatic rings. The van der Waals surface area contributed by atoms with Crippen LogP contribution in [0.3, 0.4) is 0 Å². The first-order valence-electron chi connectivity index (χ1n) is 8.18. The maximum absolute atomic E-state index is 12.5. The van der Waals surface area contributed by atoms with Gasteiger partial charge in [-0.15, -0.1) is 10.2 Å². The average molecular weight is 344 g/mol. The van der Waals surface area contributed by atoms with E-state index in [9.17, 15) is 9.59 Å². The van der Waals surface area contributed by atoms with E-state index in [1.54, 1.807) is 4.90 Å². The second-order valence-corrected chi connectivity index (χ2v) is 6.74. The van der Waals surface area contributed by atoms with E-state index >= 15 is 0 Å². The van der Waals surface area contributed by atoms with Crippen molar-refractivity contribution in [2.75, 3.05) is 16.8 Å². The summed E-state index contributed by atoms with van der Waals surface area (Å²) in [6.45, 7) is 2.70. The third kappa shape index (κ3) is 3.79. The molecule has 0 saturated carbocycles. The molecule has 1 aliphatic heterocycles. The highest BCUT2D eigenvalue weighted by atomic mass is 32.1. The topological polar surface area (TPSA) is 75.2 Å². The van der Waals surface area contributed by atoms with Crippen LogP contribution < -0.4 is 10.2 Å². The molecular formula is C17H20N4O2S. The summed E-state index contributed by atoms with van der Waals surface area (Å²) < 4.78 is 0. The van der Waals surface area contributed by atoms with E-state index in [4.69, 9.17) is 0 Å². The summed E-state index contributed by atoms with van der Waals surface area (Å²) >= 11 is 1.36. The number of nitrogens with zero attached hydrogens (tertiary/aromatic N) is 3. The van der Waals surface area contributed by atoms with Crippen molar-refractivity contribution in [1.82, 2.24) is 10.2 Å². The number of hydrogen-bond acceptors (Lipinski definition) is 5. The monoisotopic (exact) mass is 344 g/mol. The zero-order chi connectivity index (χ0) is 16.9. The molecule has 0 spiro atoms. The van der Waals surface area contributed by atoms with Crippen LogP contribution in [0.4, 0.5) is 10.8 Å². The Balaban J connectivity index is 1.55. The van der Waals surface area contributed by atoms with Crippen LogP contribution in [0.25, 0.3) is 0 Å². The molecule has 0 aliphatic carbocycles. The smallest absolute Gasteiger partial charge is 0.227 e. The van der Waals surface area contributed by atoms with Crippen molar-refractivity contribution >= 4 is 34.0 Å². The minimum atomic E-state index is -0.201. The minimum Gasteiger partial charge on any atom is -0.312 e. The Morgan fingerprint density at radius 3 is 2.88 bits per heavy atom. The van der Waals surface area contributed by atoms with Gasteiger partial charge in [-0.1, -0.05) is 36.5 Å². The lowest BCUT2D eigenvalue weighted by atomic mass is 10.0. The fraction of sp³-hybridized carbons (Fsp3) is 0.412. The maximum Gasteiger partial charge on any atom is 0.227 e. The Hall–Kier alpha value is -2.28. The van der Waals surface area contributed by atoms with E-state index in [2.05, 4.69) is 21.6 Å². The summed E-state index contributed by atoms with van der Waals surface area (Å²) in [6, 6.07) is 7.97. The highest BCUT2D eigenvalue weighted by Gasteiger charge is 2.22. The third-order valence-corrected chi connectivity index (χ3v) is 4.98. The number of amides is 2. The molecule has 0 atom stereocenters. The van der Waals surface area contributed by atoms with Crippen LogP contribution >= 0.6 is 11.3 Å². The van der Waals surface area contributed by atoms with Crippen molar-refractivity contribution in [3.8, 4) is 0 Å². The van der Waals surface area contributed by atoms with Crippen LogP contribution in [0.1, 0.15) is 36.8 Å². The SMILES string of the molecule is CCc1nnc(NC(=O)CCC(=O)N2CCCc3ccccc32)s1. The molecule has 1 N–H and O–H groups in total. The Bertz CT molecular complexity index is 744. The van der Waals surface area contributed by atoms with Crippen molar-refractivity contribution < 1.29 is 9.59 Å². The second kappa shape index (κ2) is 7.53. The number of hydrogen-bond donors (Lipinski definition) is 1. The summed E-state index contributed by atoms with van der Waals surface area (Å²) in [5.74, 6) is -0.212. The van der Waals surface area contributed by atoms with Crippen LogP contribution in [-0.2, 0) is 22.4 Å². The number of benzene rings is 1. The van der Waals surface area contributed by atoms with Crippen LogP contribution in [0.5, 0.6) is 0 Å². The van der Waals surface area contributed by atoms with Gasteiger partial charge >= 0.3 is 0 Å². The Kier molecular flexibility index (Phi) is 5.20. The fourth-order valence-electron chi connectivity index (χ4n) is 2.78. The summed E-state index contributed by atoms with van der Waals surface area (Å²) in [7, 11) is 0. The highest BCUT2D eigenvalue weighted by molar-refractivity contribution is 7.15. The van der Waals surface area contributed by atoms with E-state index in [0.717, 1.165) is 30.0 Å². The molecule has 3 rings (SSSR count). The molecule has 2 heterocycles. The van der Waals surface area contributed by atoms with Crippen molar-refractivity contribution in [3.63, 3.8) is 0 Å². The number of aryl methyl sites for hydroxylation is 2. The Labute approximate surface area is 144 Å². The van der Waals surface area contributed by atoms with Gasteiger partial charge in [0.15, 0.2) is 0 Å². The lowest BCUT2D eigenvalue weighted by molar-refractivity contribution is -0.122. The number of aromatic nitrogens is 2. The zero-order valence-corrected chi connectivity index (χ0v) is 14.4. The van der Waals surface area contributed by atoms with Gasteiger partial charge in [-0.05, 0) is 30.9 Å².